The maximum atomic E-state index is 11.6. The molecule has 0 saturated heterocycles. The van der Waals surface area contributed by atoms with Gasteiger partial charge in [-0.3, -0.25) is 4.79 Å². The molecule has 0 aromatic carbocycles. The zero-order valence-electron chi connectivity index (χ0n) is 8.86. The average molecular weight is 222 g/mol. The van der Waals surface area contributed by atoms with Gasteiger partial charge in [-0.15, -0.1) is 0 Å². The van der Waals surface area contributed by atoms with Crippen LogP contribution in [0.15, 0.2) is 0 Å². The first-order chi connectivity index (χ1) is 6.33. The molecule has 0 amide bonds. The zero-order valence-corrected chi connectivity index (χ0v) is 9.67. The van der Waals surface area contributed by atoms with E-state index < -0.39 is 21.1 Å². The fourth-order valence-corrected chi connectivity index (χ4v) is 3.41. The van der Waals surface area contributed by atoms with Crippen LogP contribution < -0.4 is 0 Å². The van der Waals surface area contributed by atoms with Crippen LogP contribution >= 0.6 is 0 Å². The monoisotopic (exact) mass is 222 g/mol. The SMILES string of the molecule is CCCCS(=O)(=O)C(C(=O)O)C(C)C. The third kappa shape index (κ3) is 3.65. The number of hydrogen-bond donors (Lipinski definition) is 1. The second-order valence-corrected chi connectivity index (χ2v) is 5.97. The number of hydrogen-bond acceptors (Lipinski definition) is 3. The smallest absolute Gasteiger partial charge is 0.322 e. The van der Waals surface area contributed by atoms with Gasteiger partial charge in [0.25, 0.3) is 0 Å². The van der Waals surface area contributed by atoms with Gasteiger partial charge in [-0.2, -0.15) is 0 Å². The van der Waals surface area contributed by atoms with Gasteiger partial charge in [0, 0.05) is 0 Å². The van der Waals surface area contributed by atoms with Crippen LogP contribution in [0.3, 0.4) is 0 Å². The zero-order chi connectivity index (χ0) is 11.4. The molecule has 84 valence electrons. The molecule has 0 heterocycles. The Bertz CT molecular complexity index is 279. The van der Waals surface area contributed by atoms with E-state index in [9.17, 15) is 13.2 Å². The molecule has 0 rings (SSSR count). The minimum atomic E-state index is -3.48. The molecule has 1 unspecified atom stereocenters. The number of carboxylic acids is 1. The minimum Gasteiger partial charge on any atom is -0.480 e. The summed E-state index contributed by atoms with van der Waals surface area (Å²) in [6.45, 7) is 5.10. The number of carboxylic acid groups (broad SMARTS) is 1. The highest BCUT2D eigenvalue weighted by atomic mass is 32.2. The van der Waals surface area contributed by atoms with Crippen molar-refractivity contribution in [3.63, 3.8) is 0 Å². The summed E-state index contributed by atoms with van der Waals surface area (Å²) in [5, 5.41) is 7.54. The van der Waals surface area contributed by atoms with Crippen LogP contribution in [0.1, 0.15) is 33.6 Å². The highest BCUT2D eigenvalue weighted by Gasteiger charge is 2.34. The van der Waals surface area contributed by atoms with Crippen molar-refractivity contribution in [3.05, 3.63) is 0 Å². The first-order valence-corrected chi connectivity index (χ1v) is 6.48. The summed E-state index contributed by atoms with van der Waals surface area (Å²) >= 11 is 0. The summed E-state index contributed by atoms with van der Waals surface area (Å²) < 4.78 is 23.2. The average Bonchev–Trinajstić information content (AvgIpc) is 1.98. The molecule has 1 N–H and O–H groups in total. The Morgan fingerprint density at radius 1 is 1.36 bits per heavy atom. The lowest BCUT2D eigenvalue weighted by Gasteiger charge is -2.16. The van der Waals surface area contributed by atoms with E-state index in [0.29, 0.717) is 6.42 Å². The van der Waals surface area contributed by atoms with Crippen molar-refractivity contribution in [1.29, 1.82) is 0 Å². The van der Waals surface area contributed by atoms with Gasteiger partial charge in [-0.25, -0.2) is 8.42 Å². The molecule has 5 heteroatoms. The molecule has 0 aromatic rings. The molecule has 4 nitrogen and oxygen atoms in total. The third-order valence-corrected chi connectivity index (χ3v) is 4.40. The van der Waals surface area contributed by atoms with E-state index in [1.54, 1.807) is 13.8 Å². The quantitative estimate of drug-likeness (QED) is 0.735. The third-order valence-electron chi connectivity index (χ3n) is 2.02. The van der Waals surface area contributed by atoms with Gasteiger partial charge < -0.3 is 5.11 Å². The van der Waals surface area contributed by atoms with Gasteiger partial charge >= 0.3 is 5.97 Å². The Balaban J connectivity index is 4.74. The van der Waals surface area contributed by atoms with E-state index in [1.165, 1.54) is 0 Å². The van der Waals surface area contributed by atoms with Gasteiger partial charge in [-0.1, -0.05) is 27.2 Å². The summed E-state index contributed by atoms with van der Waals surface area (Å²) in [6, 6.07) is 0. The van der Waals surface area contributed by atoms with Gasteiger partial charge in [-0.05, 0) is 12.3 Å². The second kappa shape index (κ2) is 5.34. The maximum absolute atomic E-state index is 11.6. The van der Waals surface area contributed by atoms with Crippen molar-refractivity contribution >= 4 is 15.8 Å². The Kier molecular flexibility index (Phi) is 5.12. The number of unbranched alkanes of at least 4 members (excludes halogenated alkanes) is 1. The molecule has 1 atom stereocenters. The van der Waals surface area contributed by atoms with Crippen LogP contribution in [-0.4, -0.2) is 30.5 Å². The maximum Gasteiger partial charge on any atom is 0.322 e. The predicted octanol–water partition coefficient (Wildman–Crippen LogP) is 1.31. The molecule has 0 aliphatic carbocycles. The Labute approximate surface area is 85.2 Å². The Hall–Kier alpha value is -0.580. The standard InChI is InChI=1S/C9H18O4S/c1-4-5-6-14(12,13)8(7(2)3)9(10)11/h7-8H,4-6H2,1-3H3,(H,10,11). The van der Waals surface area contributed by atoms with E-state index in [4.69, 9.17) is 5.11 Å². The molecular formula is C9H18O4S. The second-order valence-electron chi connectivity index (χ2n) is 3.72. The number of aliphatic carboxylic acids is 1. The Morgan fingerprint density at radius 3 is 2.14 bits per heavy atom. The highest BCUT2D eigenvalue weighted by Crippen LogP contribution is 2.15. The molecule has 0 spiro atoms. The summed E-state index contributed by atoms with van der Waals surface area (Å²) in [5.41, 5.74) is 0. The van der Waals surface area contributed by atoms with Crippen LogP contribution in [0.2, 0.25) is 0 Å². The summed E-state index contributed by atoms with van der Waals surface area (Å²) in [4.78, 5) is 10.8. The van der Waals surface area contributed by atoms with Crippen LogP contribution in [0, 0.1) is 5.92 Å². The van der Waals surface area contributed by atoms with Crippen molar-refractivity contribution in [2.45, 2.75) is 38.9 Å². The van der Waals surface area contributed by atoms with Crippen molar-refractivity contribution in [3.8, 4) is 0 Å². The number of sulfone groups is 1. The van der Waals surface area contributed by atoms with Crippen LogP contribution in [-0.2, 0) is 14.6 Å². The normalized spacial score (nSPS) is 14.3. The van der Waals surface area contributed by atoms with E-state index in [1.807, 2.05) is 6.92 Å². The molecule has 0 radical (unpaired) electrons. The first kappa shape index (κ1) is 13.4. The van der Waals surface area contributed by atoms with E-state index >= 15 is 0 Å². The number of rotatable bonds is 6. The minimum absolute atomic E-state index is 0.0291. The summed E-state index contributed by atoms with van der Waals surface area (Å²) in [5.74, 6) is -1.65. The predicted molar refractivity (Wildman–Crippen MR) is 55.0 cm³/mol. The fourth-order valence-electron chi connectivity index (χ4n) is 1.33. The summed E-state index contributed by atoms with van der Waals surface area (Å²) in [7, 11) is -3.48. The van der Waals surface area contributed by atoms with Crippen molar-refractivity contribution in [2.75, 3.05) is 5.75 Å². The van der Waals surface area contributed by atoms with E-state index in [0.717, 1.165) is 6.42 Å². The fraction of sp³-hybridized carbons (Fsp3) is 0.889. The lowest BCUT2D eigenvalue weighted by Crippen LogP contribution is -2.36. The van der Waals surface area contributed by atoms with Crippen molar-refractivity contribution < 1.29 is 18.3 Å². The summed E-state index contributed by atoms with van der Waals surface area (Å²) in [6.07, 6.45) is 1.28. The highest BCUT2D eigenvalue weighted by molar-refractivity contribution is 7.92. The molecule has 0 aliphatic rings. The van der Waals surface area contributed by atoms with Crippen LogP contribution in [0.25, 0.3) is 0 Å². The molecule has 0 fully saturated rings. The van der Waals surface area contributed by atoms with Crippen molar-refractivity contribution in [1.82, 2.24) is 0 Å². The molecule has 14 heavy (non-hydrogen) atoms. The molecule has 0 bridgehead atoms. The lowest BCUT2D eigenvalue weighted by molar-refractivity contribution is -0.137. The lowest BCUT2D eigenvalue weighted by atomic mass is 10.1. The van der Waals surface area contributed by atoms with Gasteiger partial charge in [0.1, 0.15) is 0 Å². The molecule has 0 aromatic heterocycles. The van der Waals surface area contributed by atoms with Gasteiger partial charge in [0.15, 0.2) is 15.1 Å². The van der Waals surface area contributed by atoms with E-state index in [2.05, 4.69) is 0 Å². The van der Waals surface area contributed by atoms with Gasteiger partial charge in [0.05, 0.1) is 5.75 Å². The first-order valence-electron chi connectivity index (χ1n) is 4.77. The topological polar surface area (TPSA) is 71.4 Å². The molecule has 0 aliphatic heterocycles. The molecule has 0 saturated carbocycles. The van der Waals surface area contributed by atoms with Crippen LogP contribution in [0.4, 0.5) is 0 Å². The van der Waals surface area contributed by atoms with Gasteiger partial charge in [0.2, 0.25) is 0 Å². The Morgan fingerprint density at radius 2 is 1.86 bits per heavy atom. The van der Waals surface area contributed by atoms with E-state index in [-0.39, 0.29) is 11.7 Å². The molecular weight excluding hydrogens is 204 g/mol. The van der Waals surface area contributed by atoms with Crippen LogP contribution in [0.5, 0.6) is 0 Å². The number of carbonyl (C=O) groups is 1. The van der Waals surface area contributed by atoms with Crippen molar-refractivity contribution in [2.24, 2.45) is 5.92 Å². The largest absolute Gasteiger partial charge is 0.480 e.